The van der Waals surface area contributed by atoms with Gasteiger partial charge in [-0.25, -0.2) is 0 Å². The van der Waals surface area contributed by atoms with Crippen LogP contribution in [0.15, 0.2) is 0 Å². The van der Waals surface area contributed by atoms with Gasteiger partial charge in [-0.15, -0.1) is 0 Å². The molecular formula is C15H25N5O6. The zero-order valence-electron chi connectivity index (χ0n) is 14.8. The molecule has 0 bridgehead atoms. The lowest BCUT2D eigenvalue weighted by Crippen LogP contribution is -2.51. The van der Waals surface area contributed by atoms with Gasteiger partial charge in [0.15, 0.2) is 0 Å². The normalized spacial score (nSPS) is 11.0. The third-order valence-corrected chi connectivity index (χ3v) is 2.96. The van der Waals surface area contributed by atoms with Crippen LogP contribution in [0, 0.1) is 5.92 Å². The Hall–Kier alpha value is -2.98. The number of hydrogen-bond donors (Lipinski definition) is 5. The van der Waals surface area contributed by atoms with Crippen molar-refractivity contribution in [2.24, 2.45) is 5.92 Å². The van der Waals surface area contributed by atoms with Crippen LogP contribution in [0.25, 0.3) is 0 Å². The molecule has 0 aliphatic rings. The average Bonchev–Trinajstić information content (AvgIpc) is 2.59. The van der Waals surface area contributed by atoms with Crippen LogP contribution in [0.4, 0.5) is 0 Å². The summed E-state index contributed by atoms with van der Waals surface area (Å²) in [5, 5.41) is 11.6. The van der Waals surface area contributed by atoms with E-state index in [1.165, 1.54) is 0 Å². The van der Waals surface area contributed by atoms with Crippen LogP contribution in [0.3, 0.4) is 0 Å². The number of carbonyl (C=O) groups is 6. The number of rotatable bonds is 13. The molecule has 0 heterocycles. The van der Waals surface area contributed by atoms with Crippen molar-refractivity contribution in [1.29, 1.82) is 0 Å². The maximum absolute atomic E-state index is 12.2. The van der Waals surface area contributed by atoms with Crippen molar-refractivity contribution in [3.8, 4) is 0 Å². The van der Waals surface area contributed by atoms with Crippen molar-refractivity contribution < 1.29 is 28.8 Å². The molecule has 0 fully saturated rings. The molecule has 11 heteroatoms. The minimum absolute atomic E-state index is 0.0846. The molecule has 0 saturated heterocycles. The van der Waals surface area contributed by atoms with Crippen molar-refractivity contribution in [3.63, 3.8) is 0 Å². The van der Waals surface area contributed by atoms with Crippen LogP contribution < -0.4 is 26.6 Å². The molecule has 146 valence electrons. The summed E-state index contributed by atoms with van der Waals surface area (Å²) < 4.78 is 0. The van der Waals surface area contributed by atoms with E-state index in [2.05, 4.69) is 26.6 Å². The molecule has 5 amide bonds. The van der Waals surface area contributed by atoms with E-state index >= 15 is 0 Å². The van der Waals surface area contributed by atoms with E-state index in [-0.39, 0.29) is 32.1 Å². The van der Waals surface area contributed by atoms with Crippen molar-refractivity contribution >= 4 is 36.3 Å². The van der Waals surface area contributed by atoms with Crippen molar-refractivity contribution in [3.05, 3.63) is 0 Å². The molecule has 0 aromatic heterocycles. The zero-order valence-corrected chi connectivity index (χ0v) is 14.8. The van der Waals surface area contributed by atoms with Crippen LogP contribution >= 0.6 is 0 Å². The molecule has 5 N–H and O–H groups in total. The maximum atomic E-state index is 12.2. The van der Waals surface area contributed by atoms with Crippen LogP contribution in [0.2, 0.25) is 0 Å². The van der Waals surface area contributed by atoms with Gasteiger partial charge in [0, 0.05) is 0 Å². The lowest BCUT2D eigenvalue weighted by atomic mass is 10.0. The molecule has 0 rings (SSSR count). The summed E-state index contributed by atoms with van der Waals surface area (Å²) >= 11 is 0. The fourth-order valence-corrected chi connectivity index (χ4v) is 1.83. The first kappa shape index (κ1) is 23.0. The minimum Gasteiger partial charge on any atom is -0.350 e. The number of amides is 5. The summed E-state index contributed by atoms with van der Waals surface area (Å²) in [6.07, 6.45) is 1.20. The van der Waals surface area contributed by atoms with Crippen LogP contribution in [-0.2, 0) is 28.8 Å². The molecule has 0 aliphatic carbocycles. The van der Waals surface area contributed by atoms with E-state index in [1.807, 2.05) is 13.8 Å². The molecule has 0 saturated carbocycles. The molecule has 0 aromatic rings. The summed E-state index contributed by atoms with van der Waals surface area (Å²) in [4.78, 5) is 67.0. The maximum Gasteiger partial charge on any atom is 0.243 e. The highest BCUT2D eigenvalue weighted by Crippen LogP contribution is 2.04. The van der Waals surface area contributed by atoms with Crippen molar-refractivity contribution in [2.45, 2.75) is 26.3 Å². The molecule has 1 atom stereocenters. The van der Waals surface area contributed by atoms with E-state index in [4.69, 9.17) is 0 Å². The predicted octanol–water partition coefficient (Wildman–Crippen LogP) is -3.19. The average molecular weight is 371 g/mol. The topological polar surface area (TPSA) is 163 Å². The Morgan fingerprint density at radius 3 is 2.04 bits per heavy atom. The van der Waals surface area contributed by atoms with Gasteiger partial charge in [0.05, 0.1) is 26.2 Å². The Balaban J connectivity index is 4.48. The number of aldehydes is 1. The van der Waals surface area contributed by atoms with Gasteiger partial charge >= 0.3 is 0 Å². The Bertz CT molecular complexity index is 523. The lowest BCUT2D eigenvalue weighted by molar-refractivity contribution is -0.131. The van der Waals surface area contributed by atoms with E-state index in [9.17, 15) is 28.8 Å². The predicted molar refractivity (Wildman–Crippen MR) is 90.5 cm³/mol. The zero-order chi connectivity index (χ0) is 19.9. The monoisotopic (exact) mass is 371 g/mol. The van der Waals surface area contributed by atoms with Gasteiger partial charge in [0.1, 0.15) is 12.3 Å². The molecule has 0 aliphatic heterocycles. The molecule has 11 nitrogen and oxygen atoms in total. The van der Waals surface area contributed by atoms with Gasteiger partial charge in [-0.05, 0) is 12.3 Å². The first-order valence-corrected chi connectivity index (χ1v) is 8.01. The quantitative estimate of drug-likeness (QED) is 0.214. The Kier molecular flexibility index (Phi) is 11.8. The first-order chi connectivity index (χ1) is 12.3. The van der Waals surface area contributed by atoms with Gasteiger partial charge in [0.25, 0.3) is 0 Å². The summed E-state index contributed by atoms with van der Waals surface area (Å²) in [6.45, 7) is 2.61. The second kappa shape index (κ2) is 13.3. The Morgan fingerprint density at radius 1 is 0.846 bits per heavy atom. The highest BCUT2D eigenvalue weighted by atomic mass is 16.2. The van der Waals surface area contributed by atoms with Gasteiger partial charge in [0.2, 0.25) is 30.0 Å². The molecule has 0 spiro atoms. The fourth-order valence-electron chi connectivity index (χ4n) is 1.83. The minimum atomic E-state index is -0.883. The van der Waals surface area contributed by atoms with Crippen LogP contribution in [0.5, 0.6) is 0 Å². The van der Waals surface area contributed by atoms with Crippen LogP contribution in [0.1, 0.15) is 20.3 Å². The summed E-state index contributed by atoms with van der Waals surface area (Å²) in [6, 6.07) is -0.883. The first-order valence-electron chi connectivity index (χ1n) is 8.01. The third kappa shape index (κ3) is 11.5. The standard InChI is InChI=1S/C15H25N5O6/c1-10(2)5-11(15(26)19-7-13(24)17-3-4-21)20-14(25)8-18-12(23)6-16-9-22/h4,9-11H,3,5-8H2,1-2H3,(H,16,22)(H,17,24)(H,18,23)(H,19,26)(H,20,25). The molecular weight excluding hydrogens is 346 g/mol. The second-order valence-electron chi connectivity index (χ2n) is 5.71. The highest BCUT2D eigenvalue weighted by molar-refractivity contribution is 5.92. The number of hydrogen-bond acceptors (Lipinski definition) is 6. The fraction of sp³-hybridized carbons (Fsp3) is 0.600. The van der Waals surface area contributed by atoms with Crippen LogP contribution in [-0.4, -0.2) is 68.5 Å². The largest absolute Gasteiger partial charge is 0.350 e. The van der Waals surface area contributed by atoms with E-state index < -0.39 is 29.7 Å². The number of carbonyl (C=O) groups excluding carboxylic acids is 6. The highest BCUT2D eigenvalue weighted by Gasteiger charge is 2.22. The Labute approximate surface area is 151 Å². The van der Waals surface area contributed by atoms with E-state index in [0.717, 1.165) is 0 Å². The SMILES string of the molecule is CC(C)CC(NC(=O)CNC(=O)CNC=O)C(=O)NCC(=O)NCC=O. The van der Waals surface area contributed by atoms with Gasteiger partial charge in [-0.2, -0.15) is 0 Å². The summed E-state index contributed by atoms with van der Waals surface area (Å²) in [5.41, 5.74) is 0. The summed E-state index contributed by atoms with van der Waals surface area (Å²) in [7, 11) is 0. The third-order valence-electron chi connectivity index (χ3n) is 2.96. The second-order valence-corrected chi connectivity index (χ2v) is 5.71. The summed E-state index contributed by atoms with van der Waals surface area (Å²) in [5.74, 6) is -2.14. The number of nitrogens with one attached hydrogen (secondary N) is 5. The smallest absolute Gasteiger partial charge is 0.243 e. The van der Waals surface area contributed by atoms with Gasteiger partial charge < -0.3 is 31.4 Å². The van der Waals surface area contributed by atoms with E-state index in [0.29, 0.717) is 19.1 Å². The Morgan fingerprint density at radius 2 is 1.46 bits per heavy atom. The molecule has 0 aromatic carbocycles. The lowest BCUT2D eigenvalue weighted by Gasteiger charge is -2.20. The van der Waals surface area contributed by atoms with Crippen molar-refractivity contribution in [2.75, 3.05) is 26.2 Å². The van der Waals surface area contributed by atoms with Crippen molar-refractivity contribution in [1.82, 2.24) is 26.6 Å². The van der Waals surface area contributed by atoms with E-state index in [1.54, 1.807) is 0 Å². The molecule has 26 heavy (non-hydrogen) atoms. The molecule has 0 radical (unpaired) electrons. The van der Waals surface area contributed by atoms with Gasteiger partial charge in [-0.3, -0.25) is 24.0 Å². The van der Waals surface area contributed by atoms with Gasteiger partial charge in [-0.1, -0.05) is 13.8 Å². The molecule has 1 unspecified atom stereocenters.